The van der Waals surface area contributed by atoms with Crippen molar-refractivity contribution in [2.75, 3.05) is 43.9 Å². The minimum Gasteiger partial charge on any atom is -0.376 e. The van der Waals surface area contributed by atoms with Crippen LogP contribution in [0.25, 0.3) is 0 Å². The van der Waals surface area contributed by atoms with E-state index in [2.05, 4.69) is 10.6 Å². The molecule has 0 unspecified atom stereocenters. The predicted octanol–water partition coefficient (Wildman–Crippen LogP) is 2.09. The van der Waals surface area contributed by atoms with E-state index in [1.807, 2.05) is 0 Å². The first-order valence-corrected chi connectivity index (χ1v) is 11.7. The second-order valence-electron chi connectivity index (χ2n) is 7.65. The average molecular weight is 461 g/mol. The molecule has 1 aliphatic heterocycles. The lowest BCUT2D eigenvalue weighted by molar-refractivity contribution is 0.0858. The van der Waals surface area contributed by atoms with Gasteiger partial charge in [0.05, 0.1) is 23.0 Å². The number of anilines is 2. The number of carbonyl (C=O) groups excluding carboxylic acids is 2. The van der Waals surface area contributed by atoms with Crippen LogP contribution in [-0.2, 0) is 14.9 Å². The van der Waals surface area contributed by atoms with Crippen LogP contribution in [0.3, 0.4) is 0 Å². The van der Waals surface area contributed by atoms with Gasteiger partial charge >= 0.3 is 10.2 Å². The SMILES string of the molecule is CN(C)S(=O)(=O)N(C)c1ccc(C(=O)Nc2ccccc2C(=O)NC[C@@H]2CCCO2)cc1. The Labute approximate surface area is 188 Å². The van der Waals surface area contributed by atoms with Gasteiger partial charge in [0.2, 0.25) is 0 Å². The van der Waals surface area contributed by atoms with E-state index in [1.54, 1.807) is 36.4 Å². The maximum Gasteiger partial charge on any atom is 0.303 e. The summed E-state index contributed by atoms with van der Waals surface area (Å²) in [6.07, 6.45) is 1.93. The van der Waals surface area contributed by atoms with Crippen LogP contribution >= 0.6 is 0 Å². The Morgan fingerprint density at radius 1 is 1.03 bits per heavy atom. The Kier molecular flexibility index (Phi) is 7.49. The van der Waals surface area contributed by atoms with Crippen LogP contribution in [0, 0.1) is 0 Å². The monoisotopic (exact) mass is 460 g/mol. The summed E-state index contributed by atoms with van der Waals surface area (Å²) in [5.74, 6) is -0.698. The molecule has 0 aromatic heterocycles. The molecule has 9 nitrogen and oxygen atoms in total. The molecular weight excluding hydrogens is 432 g/mol. The predicted molar refractivity (Wildman–Crippen MR) is 123 cm³/mol. The molecule has 172 valence electrons. The number of amides is 2. The van der Waals surface area contributed by atoms with E-state index in [0.29, 0.717) is 35.7 Å². The van der Waals surface area contributed by atoms with Crippen molar-refractivity contribution in [3.8, 4) is 0 Å². The van der Waals surface area contributed by atoms with Crippen molar-refractivity contribution in [1.82, 2.24) is 9.62 Å². The molecule has 1 heterocycles. The molecule has 0 saturated carbocycles. The molecule has 0 spiro atoms. The molecule has 32 heavy (non-hydrogen) atoms. The van der Waals surface area contributed by atoms with Crippen LogP contribution in [0.5, 0.6) is 0 Å². The van der Waals surface area contributed by atoms with Gasteiger partial charge in [-0.15, -0.1) is 0 Å². The van der Waals surface area contributed by atoms with Gasteiger partial charge in [-0.2, -0.15) is 12.7 Å². The van der Waals surface area contributed by atoms with Crippen molar-refractivity contribution >= 4 is 33.4 Å². The van der Waals surface area contributed by atoms with E-state index < -0.39 is 16.1 Å². The Hall–Kier alpha value is -2.95. The number of para-hydroxylation sites is 1. The van der Waals surface area contributed by atoms with Gasteiger partial charge in [-0.05, 0) is 49.2 Å². The highest BCUT2D eigenvalue weighted by Crippen LogP contribution is 2.20. The molecule has 10 heteroatoms. The fourth-order valence-corrected chi connectivity index (χ4v) is 4.17. The smallest absolute Gasteiger partial charge is 0.303 e. The summed E-state index contributed by atoms with van der Waals surface area (Å²) in [5, 5.41) is 5.62. The van der Waals surface area contributed by atoms with Crippen molar-refractivity contribution in [3.63, 3.8) is 0 Å². The fourth-order valence-electron chi connectivity index (χ4n) is 3.29. The summed E-state index contributed by atoms with van der Waals surface area (Å²) in [6, 6.07) is 12.9. The van der Waals surface area contributed by atoms with E-state index in [1.165, 1.54) is 33.3 Å². The number of nitrogens with zero attached hydrogens (tertiary/aromatic N) is 2. The van der Waals surface area contributed by atoms with Crippen LogP contribution in [0.2, 0.25) is 0 Å². The summed E-state index contributed by atoms with van der Waals surface area (Å²) in [4.78, 5) is 25.4. The number of hydrogen-bond donors (Lipinski definition) is 2. The van der Waals surface area contributed by atoms with Gasteiger partial charge in [-0.1, -0.05) is 12.1 Å². The Bertz CT molecular complexity index is 1060. The molecule has 1 aliphatic rings. The van der Waals surface area contributed by atoms with E-state index in [9.17, 15) is 18.0 Å². The third kappa shape index (κ3) is 5.45. The Balaban J connectivity index is 1.69. The molecule has 3 rings (SSSR count). The van der Waals surface area contributed by atoms with Gasteiger partial charge in [-0.3, -0.25) is 13.9 Å². The maximum absolute atomic E-state index is 12.7. The van der Waals surface area contributed by atoms with E-state index >= 15 is 0 Å². The molecule has 2 N–H and O–H groups in total. The lowest BCUT2D eigenvalue weighted by Crippen LogP contribution is -2.37. The number of hydrogen-bond acceptors (Lipinski definition) is 5. The zero-order valence-corrected chi connectivity index (χ0v) is 19.2. The van der Waals surface area contributed by atoms with Crippen molar-refractivity contribution in [2.24, 2.45) is 0 Å². The van der Waals surface area contributed by atoms with Crippen LogP contribution in [0.1, 0.15) is 33.6 Å². The number of carbonyl (C=O) groups is 2. The number of ether oxygens (including phenoxy) is 1. The highest BCUT2D eigenvalue weighted by molar-refractivity contribution is 7.90. The van der Waals surface area contributed by atoms with Crippen molar-refractivity contribution < 1.29 is 22.7 Å². The number of benzene rings is 2. The van der Waals surface area contributed by atoms with Crippen molar-refractivity contribution in [3.05, 3.63) is 59.7 Å². The summed E-state index contributed by atoms with van der Waals surface area (Å²) >= 11 is 0. The Morgan fingerprint density at radius 2 is 1.72 bits per heavy atom. The third-order valence-electron chi connectivity index (χ3n) is 5.23. The van der Waals surface area contributed by atoms with Crippen LogP contribution in [0.15, 0.2) is 48.5 Å². The number of rotatable bonds is 8. The first-order chi connectivity index (χ1) is 15.2. The molecule has 1 fully saturated rings. The summed E-state index contributed by atoms with van der Waals surface area (Å²) in [5.41, 5.74) is 1.49. The van der Waals surface area contributed by atoms with E-state index in [0.717, 1.165) is 21.5 Å². The zero-order chi connectivity index (χ0) is 23.3. The second-order valence-corrected chi connectivity index (χ2v) is 9.82. The summed E-state index contributed by atoms with van der Waals surface area (Å²) in [6.45, 7) is 1.13. The zero-order valence-electron chi connectivity index (χ0n) is 18.4. The first-order valence-electron chi connectivity index (χ1n) is 10.3. The topological polar surface area (TPSA) is 108 Å². The number of nitrogens with one attached hydrogen (secondary N) is 2. The van der Waals surface area contributed by atoms with Crippen molar-refractivity contribution in [2.45, 2.75) is 18.9 Å². The molecule has 2 amide bonds. The second kappa shape index (κ2) is 10.1. The third-order valence-corrected chi connectivity index (χ3v) is 7.06. The lowest BCUT2D eigenvalue weighted by Gasteiger charge is -2.23. The summed E-state index contributed by atoms with van der Waals surface area (Å²) in [7, 11) is 0.707. The van der Waals surface area contributed by atoms with Gasteiger partial charge in [0.15, 0.2) is 0 Å². The van der Waals surface area contributed by atoms with Crippen LogP contribution in [-0.4, -0.2) is 64.9 Å². The molecule has 2 aromatic rings. The summed E-state index contributed by atoms with van der Waals surface area (Å²) < 4.78 is 32.3. The lowest BCUT2D eigenvalue weighted by atomic mass is 10.1. The van der Waals surface area contributed by atoms with Gasteiger partial charge in [0.25, 0.3) is 11.8 Å². The van der Waals surface area contributed by atoms with Gasteiger partial charge in [-0.25, -0.2) is 0 Å². The Morgan fingerprint density at radius 3 is 2.34 bits per heavy atom. The van der Waals surface area contributed by atoms with Gasteiger partial charge < -0.3 is 15.4 Å². The molecule has 2 aromatic carbocycles. The first kappa shape index (κ1) is 23.7. The molecule has 1 atom stereocenters. The average Bonchev–Trinajstić information content (AvgIpc) is 3.31. The minimum atomic E-state index is -3.63. The van der Waals surface area contributed by atoms with Gasteiger partial charge in [0.1, 0.15) is 0 Å². The molecule has 0 radical (unpaired) electrons. The van der Waals surface area contributed by atoms with E-state index in [-0.39, 0.29) is 12.0 Å². The fraction of sp³-hybridized carbons (Fsp3) is 0.364. The molecular formula is C22H28N4O5S. The molecule has 1 saturated heterocycles. The highest BCUT2D eigenvalue weighted by Gasteiger charge is 2.22. The van der Waals surface area contributed by atoms with Crippen LogP contribution in [0.4, 0.5) is 11.4 Å². The van der Waals surface area contributed by atoms with Crippen molar-refractivity contribution in [1.29, 1.82) is 0 Å². The normalized spacial score (nSPS) is 16.1. The highest BCUT2D eigenvalue weighted by atomic mass is 32.2. The van der Waals surface area contributed by atoms with Gasteiger partial charge in [0, 0.05) is 39.9 Å². The quantitative estimate of drug-likeness (QED) is 0.627. The van der Waals surface area contributed by atoms with Crippen LogP contribution < -0.4 is 14.9 Å². The minimum absolute atomic E-state index is 0.0219. The largest absolute Gasteiger partial charge is 0.376 e. The molecule has 0 bridgehead atoms. The standard InChI is InChI=1S/C22H28N4O5S/c1-25(2)32(29,30)26(3)17-12-10-16(11-13-17)21(27)24-20-9-5-4-8-19(20)22(28)23-15-18-7-6-14-31-18/h4-5,8-13,18H,6-7,14-15H2,1-3H3,(H,23,28)(H,24,27)/t18-/m0/s1. The maximum atomic E-state index is 12.7. The molecule has 0 aliphatic carbocycles. The van der Waals surface area contributed by atoms with E-state index in [4.69, 9.17) is 4.74 Å².